The quantitative estimate of drug-likeness (QED) is 0.476. The van der Waals surface area contributed by atoms with Crippen LogP contribution in [0.5, 0.6) is 5.75 Å². The van der Waals surface area contributed by atoms with Crippen molar-refractivity contribution in [3.05, 3.63) is 78.1 Å². The van der Waals surface area contributed by atoms with Gasteiger partial charge in [-0.05, 0) is 60.4 Å². The Bertz CT molecular complexity index is 957. The van der Waals surface area contributed by atoms with Gasteiger partial charge in [0.1, 0.15) is 11.6 Å². The second kappa shape index (κ2) is 10.1. The van der Waals surface area contributed by atoms with E-state index in [-0.39, 0.29) is 19.0 Å². The molecule has 3 rings (SSSR count). The first-order chi connectivity index (χ1) is 14.5. The minimum Gasteiger partial charge on any atom is -0.497 e. The molecular weight excluding hydrogens is 401 g/mol. The van der Waals surface area contributed by atoms with Gasteiger partial charge in [0.2, 0.25) is 0 Å². The van der Waals surface area contributed by atoms with Gasteiger partial charge in [-0.25, -0.2) is 4.39 Å². The van der Waals surface area contributed by atoms with Gasteiger partial charge >= 0.3 is 0 Å². The molecule has 0 aromatic heterocycles. The zero-order valence-electron chi connectivity index (χ0n) is 16.8. The highest BCUT2D eigenvalue weighted by molar-refractivity contribution is 7.99. The summed E-state index contributed by atoms with van der Waals surface area (Å²) in [6, 6.07) is 20.5. The molecule has 0 saturated heterocycles. The Morgan fingerprint density at radius 1 is 0.933 bits per heavy atom. The summed E-state index contributed by atoms with van der Waals surface area (Å²) in [5, 5.41) is 18.6. The molecular formula is C24H26FNO3S. The zero-order valence-corrected chi connectivity index (χ0v) is 17.7. The lowest BCUT2D eigenvalue weighted by molar-refractivity contribution is 0.115. The predicted octanol–water partition coefficient (Wildman–Crippen LogP) is 4.27. The standard InChI is InChI=1S/C24H26FNO3S/c1-29-19-6-8-20(9-7-19)30-21-10-11-22(23(25)14-21)18-4-2-17(3-5-18)12-13-24(26,15-27)16-28/h2-11,14,27-28H,12-13,15-16,26H2,1H3. The minimum atomic E-state index is -0.984. The Kier molecular flexibility index (Phi) is 7.50. The molecule has 4 nitrogen and oxygen atoms in total. The van der Waals surface area contributed by atoms with Gasteiger partial charge in [0, 0.05) is 15.4 Å². The van der Waals surface area contributed by atoms with Gasteiger partial charge in [-0.15, -0.1) is 0 Å². The van der Waals surface area contributed by atoms with Crippen molar-refractivity contribution < 1.29 is 19.3 Å². The van der Waals surface area contributed by atoms with Crippen LogP contribution < -0.4 is 10.5 Å². The van der Waals surface area contributed by atoms with E-state index < -0.39 is 5.54 Å². The van der Waals surface area contributed by atoms with Gasteiger partial charge in [0.25, 0.3) is 0 Å². The normalized spacial score (nSPS) is 11.5. The maximum absolute atomic E-state index is 14.7. The Balaban J connectivity index is 1.68. The summed E-state index contributed by atoms with van der Waals surface area (Å²) in [6.07, 6.45) is 1.09. The van der Waals surface area contributed by atoms with Crippen molar-refractivity contribution in [1.29, 1.82) is 0 Å². The molecule has 0 saturated carbocycles. The number of hydrogen-bond donors (Lipinski definition) is 3. The van der Waals surface area contributed by atoms with Crippen LogP contribution >= 0.6 is 11.8 Å². The summed E-state index contributed by atoms with van der Waals surface area (Å²) in [6.45, 7) is -0.540. The van der Waals surface area contributed by atoms with Crippen LogP contribution in [0, 0.1) is 5.82 Å². The summed E-state index contributed by atoms with van der Waals surface area (Å²) in [5.74, 6) is 0.511. The van der Waals surface area contributed by atoms with E-state index in [0.717, 1.165) is 26.7 Å². The van der Waals surface area contributed by atoms with Crippen LogP contribution in [0.1, 0.15) is 12.0 Å². The smallest absolute Gasteiger partial charge is 0.132 e. The van der Waals surface area contributed by atoms with Crippen molar-refractivity contribution in [2.24, 2.45) is 5.73 Å². The third kappa shape index (κ3) is 5.61. The minimum absolute atomic E-state index is 0.270. The number of aryl methyl sites for hydroxylation is 1. The summed E-state index contributed by atoms with van der Waals surface area (Å²) in [7, 11) is 1.62. The monoisotopic (exact) mass is 427 g/mol. The Morgan fingerprint density at radius 2 is 1.57 bits per heavy atom. The van der Waals surface area contributed by atoms with Crippen molar-refractivity contribution in [2.45, 2.75) is 28.2 Å². The fourth-order valence-electron chi connectivity index (χ4n) is 3.03. The lowest BCUT2D eigenvalue weighted by atomic mass is 9.93. The number of nitrogens with two attached hydrogens (primary N) is 1. The van der Waals surface area contributed by atoms with Gasteiger partial charge in [0.05, 0.1) is 25.9 Å². The molecule has 3 aromatic rings. The number of aliphatic hydroxyl groups is 2. The van der Waals surface area contributed by atoms with Gasteiger partial charge < -0.3 is 20.7 Å². The molecule has 0 bridgehead atoms. The molecule has 0 unspecified atom stereocenters. The van der Waals surface area contributed by atoms with Crippen molar-refractivity contribution in [3.8, 4) is 16.9 Å². The first-order valence-corrected chi connectivity index (χ1v) is 10.5. The third-order valence-corrected chi connectivity index (χ3v) is 6.04. The molecule has 0 aliphatic carbocycles. The zero-order chi connectivity index (χ0) is 21.6. The third-order valence-electron chi connectivity index (χ3n) is 5.04. The Morgan fingerprint density at radius 3 is 2.13 bits per heavy atom. The second-order valence-corrected chi connectivity index (χ2v) is 8.44. The largest absolute Gasteiger partial charge is 0.497 e. The summed E-state index contributed by atoms with van der Waals surface area (Å²) >= 11 is 1.49. The number of benzene rings is 3. The van der Waals surface area contributed by atoms with Crippen LogP contribution in [0.25, 0.3) is 11.1 Å². The topological polar surface area (TPSA) is 75.7 Å². The highest BCUT2D eigenvalue weighted by Crippen LogP contribution is 2.32. The number of ether oxygens (including phenoxy) is 1. The van der Waals surface area contributed by atoms with Crippen LogP contribution in [0.4, 0.5) is 4.39 Å². The SMILES string of the molecule is COc1ccc(Sc2ccc(-c3ccc(CCC(N)(CO)CO)cc3)c(F)c2)cc1. The van der Waals surface area contributed by atoms with E-state index in [9.17, 15) is 14.6 Å². The summed E-state index contributed by atoms with van der Waals surface area (Å²) in [5.41, 5.74) is 7.28. The highest BCUT2D eigenvalue weighted by Gasteiger charge is 2.22. The Hall–Kier alpha value is -2.38. The van der Waals surface area contributed by atoms with Crippen LogP contribution in [-0.2, 0) is 6.42 Å². The van der Waals surface area contributed by atoms with E-state index in [1.165, 1.54) is 11.8 Å². The molecule has 3 aromatic carbocycles. The average Bonchev–Trinajstić information content (AvgIpc) is 2.78. The van der Waals surface area contributed by atoms with E-state index in [1.54, 1.807) is 19.2 Å². The van der Waals surface area contributed by atoms with Crippen molar-refractivity contribution in [3.63, 3.8) is 0 Å². The number of hydrogen-bond acceptors (Lipinski definition) is 5. The molecule has 158 valence electrons. The van der Waals surface area contributed by atoms with E-state index >= 15 is 0 Å². The van der Waals surface area contributed by atoms with E-state index in [2.05, 4.69) is 0 Å². The molecule has 0 spiro atoms. The van der Waals surface area contributed by atoms with E-state index in [1.807, 2.05) is 54.6 Å². The molecule has 0 aliphatic rings. The predicted molar refractivity (Wildman–Crippen MR) is 118 cm³/mol. The van der Waals surface area contributed by atoms with Gasteiger partial charge in [0.15, 0.2) is 0 Å². The molecule has 6 heteroatoms. The van der Waals surface area contributed by atoms with Crippen LogP contribution in [0.3, 0.4) is 0 Å². The fraction of sp³-hybridized carbons (Fsp3) is 0.250. The molecule has 0 aliphatic heterocycles. The highest BCUT2D eigenvalue weighted by atomic mass is 32.2. The lowest BCUT2D eigenvalue weighted by Crippen LogP contribution is -2.47. The molecule has 0 fully saturated rings. The first kappa shape index (κ1) is 22.3. The van der Waals surface area contributed by atoms with Gasteiger partial charge in [-0.3, -0.25) is 0 Å². The number of rotatable bonds is 9. The second-order valence-electron chi connectivity index (χ2n) is 7.29. The van der Waals surface area contributed by atoms with E-state index in [4.69, 9.17) is 10.5 Å². The van der Waals surface area contributed by atoms with Crippen LogP contribution in [-0.4, -0.2) is 36.1 Å². The maximum Gasteiger partial charge on any atom is 0.132 e. The van der Waals surface area contributed by atoms with Crippen molar-refractivity contribution in [2.75, 3.05) is 20.3 Å². The number of methoxy groups -OCH3 is 1. The fourth-order valence-corrected chi connectivity index (χ4v) is 3.87. The van der Waals surface area contributed by atoms with Crippen molar-refractivity contribution >= 4 is 11.8 Å². The first-order valence-electron chi connectivity index (χ1n) is 9.68. The average molecular weight is 428 g/mol. The molecule has 0 amide bonds. The van der Waals surface area contributed by atoms with Gasteiger partial charge in [-0.1, -0.05) is 42.1 Å². The lowest BCUT2D eigenvalue weighted by Gasteiger charge is -2.24. The molecule has 4 N–H and O–H groups in total. The number of aliphatic hydroxyl groups excluding tert-OH is 2. The summed E-state index contributed by atoms with van der Waals surface area (Å²) < 4.78 is 19.9. The number of halogens is 1. The molecule has 0 heterocycles. The van der Waals surface area contributed by atoms with E-state index in [0.29, 0.717) is 18.4 Å². The van der Waals surface area contributed by atoms with Crippen LogP contribution in [0.15, 0.2) is 76.5 Å². The molecule has 0 atom stereocenters. The molecule has 0 radical (unpaired) electrons. The van der Waals surface area contributed by atoms with Crippen molar-refractivity contribution in [1.82, 2.24) is 0 Å². The summed E-state index contributed by atoms with van der Waals surface area (Å²) in [4.78, 5) is 1.83. The molecule has 30 heavy (non-hydrogen) atoms. The maximum atomic E-state index is 14.7. The van der Waals surface area contributed by atoms with Gasteiger partial charge in [-0.2, -0.15) is 0 Å². The Labute approximate surface area is 180 Å². The van der Waals surface area contributed by atoms with Crippen LogP contribution in [0.2, 0.25) is 0 Å².